The summed E-state index contributed by atoms with van der Waals surface area (Å²) in [6, 6.07) is 3.95. The minimum atomic E-state index is 0.00894. The Morgan fingerprint density at radius 1 is 1.28 bits per heavy atom. The Kier molecular flexibility index (Phi) is 4.17. The molecule has 100 valence electrons. The molecule has 2 atom stereocenters. The normalized spacial score (nSPS) is 18.3. The summed E-state index contributed by atoms with van der Waals surface area (Å²) in [5.41, 5.74) is 7.42. The fraction of sp³-hybridized carbons (Fsp3) is 0.571. The maximum absolute atomic E-state index is 6.37. The van der Waals surface area contributed by atoms with E-state index in [0.717, 1.165) is 27.5 Å². The van der Waals surface area contributed by atoms with Crippen molar-refractivity contribution in [2.24, 2.45) is 17.6 Å². The zero-order chi connectivity index (χ0) is 13.3. The van der Waals surface area contributed by atoms with Crippen molar-refractivity contribution < 1.29 is 9.47 Å². The highest BCUT2D eigenvalue weighted by Gasteiger charge is 2.33. The molecule has 1 aromatic carbocycles. The summed E-state index contributed by atoms with van der Waals surface area (Å²) in [6.07, 6.45) is 2.60. The molecule has 0 heterocycles. The minimum Gasteiger partial charge on any atom is -0.495 e. The van der Waals surface area contributed by atoms with Gasteiger partial charge in [-0.3, -0.25) is 0 Å². The first-order valence-corrected chi connectivity index (χ1v) is 7.05. The first-order valence-electron chi connectivity index (χ1n) is 6.26. The molecule has 0 bridgehead atoms. The summed E-state index contributed by atoms with van der Waals surface area (Å²) < 4.78 is 11.6. The van der Waals surface area contributed by atoms with Gasteiger partial charge in [0.1, 0.15) is 16.0 Å². The van der Waals surface area contributed by atoms with Crippen molar-refractivity contribution in [1.29, 1.82) is 0 Å². The molecule has 1 aromatic rings. The molecular formula is C14H20BrNO2. The average molecular weight is 314 g/mol. The average Bonchev–Trinajstić information content (AvgIpc) is 3.20. The van der Waals surface area contributed by atoms with Crippen LogP contribution in [0.15, 0.2) is 16.6 Å². The maximum atomic E-state index is 6.37. The monoisotopic (exact) mass is 313 g/mol. The Bertz CT molecular complexity index is 432. The number of halogens is 1. The molecule has 0 amide bonds. The molecule has 1 aliphatic rings. The first-order chi connectivity index (χ1) is 8.60. The van der Waals surface area contributed by atoms with Crippen molar-refractivity contribution in [2.45, 2.75) is 25.8 Å². The van der Waals surface area contributed by atoms with Gasteiger partial charge in [0.25, 0.3) is 0 Å². The van der Waals surface area contributed by atoms with E-state index in [0.29, 0.717) is 5.92 Å². The minimum absolute atomic E-state index is 0.00894. The van der Waals surface area contributed by atoms with E-state index in [1.165, 1.54) is 12.8 Å². The van der Waals surface area contributed by atoms with Crippen LogP contribution in [-0.4, -0.2) is 14.2 Å². The summed E-state index contributed by atoms with van der Waals surface area (Å²) in [6.45, 7) is 2.22. The number of nitrogens with two attached hydrogens (primary N) is 1. The van der Waals surface area contributed by atoms with Crippen LogP contribution in [-0.2, 0) is 0 Å². The predicted molar refractivity (Wildman–Crippen MR) is 76.1 cm³/mol. The summed E-state index contributed by atoms with van der Waals surface area (Å²) in [7, 11) is 3.31. The Hall–Kier alpha value is -0.740. The van der Waals surface area contributed by atoms with Crippen LogP contribution in [0.1, 0.15) is 31.4 Å². The number of hydrogen-bond donors (Lipinski definition) is 1. The van der Waals surface area contributed by atoms with Gasteiger partial charge in [0.15, 0.2) is 0 Å². The van der Waals surface area contributed by atoms with E-state index < -0.39 is 0 Å². The number of methoxy groups -OCH3 is 2. The van der Waals surface area contributed by atoms with Crippen LogP contribution in [0.25, 0.3) is 0 Å². The van der Waals surface area contributed by atoms with Crippen LogP contribution in [0.3, 0.4) is 0 Å². The molecule has 18 heavy (non-hydrogen) atoms. The maximum Gasteiger partial charge on any atom is 0.141 e. The van der Waals surface area contributed by atoms with Crippen molar-refractivity contribution in [3.8, 4) is 11.5 Å². The van der Waals surface area contributed by atoms with Gasteiger partial charge in [-0.05, 0) is 52.7 Å². The van der Waals surface area contributed by atoms with Crippen molar-refractivity contribution >= 4 is 15.9 Å². The van der Waals surface area contributed by atoms with E-state index in [1.807, 2.05) is 12.1 Å². The van der Waals surface area contributed by atoms with E-state index in [4.69, 9.17) is 15.2 Å². The second-order valence-corrected chi connectivity index (χ2v) is 5.72. The van der Waals surface area contributed by atoms with Gasteiger partial charge in [0.05, 0.1) is 14.2 Å². The van der Waals surface area contributed by atoms with Crippen molar-refractivity contribution in [2.75, 3.05) is 14.2 Å². The Balaban J connectivity index is 2.34. The smallest absolute Gasteiger partial charge is 0.141 e. The van der Waals surface area contributed by atoms with Gasteiger partial charge in [-0.25, -0.2) is 0 Å². The molecule has 2 unspecified atom stereocenters. The fourth-order valence-corrected chi connectivity index (χ4v) is 3.06. The molecule has 1 aliphatic carbocycles. The molecule has 3 nitrogen and oxygen atoms in total. The molecule has 2 rings (SSSR count). The fourth-order valence-electron chi connectivity index (χ4n) is 2.38. The van der Waals surface area contributed by atoms with Crippen LogP contribution in [0.2, 0.25) is 0 Å². The second kappa shape index (κ2) is 5.49. The molecule has 0 aromatic heterocycles. The second-order valence-electron chi connectivity index (χ2n) is 4.93. The number of benzene rings is 1. The third-order valence-electron chi connectivity index (χ3n) is 3.81. The largest absolute Gasteiger partial charge is 0.495 e. The van der Waals surface area contributed by atoms with Gasteiger partial charge < -0.3 is 15.2 Å². The van der Waals surface area contributed by atoms with Crippen molar-refractivity contribution in [3.63, 3.8) is 0 Å². The van der Waals surface area contributed by atoms with Crippen LogP contribution in [0.4, 0.5) is 0 Å². The third kappa shape index (κ3) is 2.50. The lowest BCUT2D eigenvalue weighted by Crippen LogP contribution is -2.21. The predicted octanol–water partition coefficient (Wildman–Crippen LogP) is 3.51. The molecule has 0 spiro atoms. The lowest BCUT2D eigenvalue weighted by molar-refractivity contribution is 0.365. The SMILES string of the molecule is COc1ccc(C(N)C(C)C2CC2)c(OC)c1Br. The Morgan fingerprint density at radius 3 is 2.44 bits per heavy atom. The number of ether oxygens (including phenoxy) is 2. The molecular weight excluding hydrogens is 294 g/mol. The van der Waals surface area contributed by atoms with Gasteiger partial charge in [0.2, 0.25) is 0 Å². The van der Waals surface area contributed by atoms with Gasteiger partial charge >= 0.3 is 0 Å². The molecule has 1 fully saturated rings. The van der Waals surface area contributed by atoms with Crippen LogP contribution >= 0.6 is 15.9 Å². The highest BCUT2D eigenvalue weighted by molar-refractivity contribution is 9.10. The van der Waals surface area contributed by atoms with Crippen molar-refractivity contribution in [3.05, 3.63) is 22.2 Å². The highest BCUT2D eigenvalue weighted by atomic mass is 79.9. The van der Waals surface area contributed by atoms with Crippen LogP contribution < -0.4 is 15.2 Å². The first kappa shape index (κ1) is 13.7. The van der Waals surface area contributed by atoms with Crippen LogP contribution in [0.5, 0.6) is 11.5 Å². The number of rotatable bonds is 5. The molecule has 0 aliphatic heterocycles. The molecule has 1 saturated carbocycles. The van der Waals surface area contributed by atoms with E-state index >= 15 is 0 Å². The lowest BCUT2D eigenvalue weighted by atomic mass is 9.91. The number of hydrogen-bond acceptors (Lipinski definition) is 3. The standard InChI is InChI=1S/C14H20BrNO2/c1-8(9-4-5-9)13(16)10-6-7-11(17-2)12(15)14(10)18-3/h6-9,13H,4-5,16H2,1-3H3. The van der Waals surface area contributed by atoms with Crippen LogP contribution in [0, 0.1) is 11.8 Å². The summed E-state index contributed by atoms with van der Waals surface area (Å²) >= 11 is 3.52. The third-order valence-corrected chi connectivity index (χ3v) is 4.56. The van der Waals surface area contributed by atoms with E-state index in [9.17, 15) is 0 Å². The van der Waals surface area contributed by atoms with Gasteiger partial charge in [-0.2, -0.15) is 0 Å². The van der Waals surface area contributed by atoms with Gasteiger partial charge in [-0.15, -0.1) is 0 Å². The molecule has 4 heteroatoms. The zero-order valence-corrected chi connectivity index (χ0v) is 12.7. The molecule has 0 radical (unpaired) electrons. The quantitative estimate of drug-likeness (QED) is 0.904. The Morgan fingerprint density at radius 2 is 1.94 bits per heavy atom. The highest BCUT2D eigenvalue weighted by Crippen LogP contribution is 2.46. The van der Waals surface area contributed by atoms with E-state index in [1.54, 1.807) is 14.2 Å². The van der Waals surface area contributed by atoms with E-state index in [2.05, 4.69) is 22.9 Å². The zero-order valence-electron chi connectivity index (χ0n) is 11.1. The van der Waals surface area contributed by atoms with Crippen molar-refractivity contribution in [1.82, 2.24) is 0 Å². The summed E-state index contributed by atoms with van der Waals surface area (Å²) in [5.74, 6) is 2.81. The van der Waals surface area contributed by atoms with Gasteiger partial charge in [0, 0.05) is 11.6 Å². The molecule has 0 saturated heterocycles. The lowest BCUT2D eigenvalue weighted by Gasteiger charge is -2.23. The topological polar surface area (TPSA) is 44.5 Å². The summed E-state index contributed by atoms with van der Waals surface area (Å²) in [4.78, 5) is 0. The Labute approximate surface area is 117 Å². The van der Waals surface area contributed by atoms with Gasteiger partial charge in [-0.1, -0.05) is 6.92 Å². The molecule has 2 N–H and O–H groups in total. The van der Waals surface area contributed by atoms with E-state index in [-0.39, 0.29) is 6.04 Å². The summed E-state index contributed by atoms with van der Waals surface area (Å²) in [5, 5.41) is 0.